The van der Waals surface area contributed by atoms with Gasteiger partial charge >= 0.3 is 0 Å². The van der Waals surface area contributed by atoms with Gasteiger partial charge in [-0.15, -0.1) is 0 Å². The lowest BCUT2D eigenvalue weighted by atomic mass is 9.95. The third-order valence-electron chi connectivity index (χ3n) is 6.27. The number of oxazole rings is 1. The molecule has 0 saturated heterocycles. The van der Waals surface area contributed by atoms with Crippen molar-refractivity contribution in [1.29, 1.82) is 0 Å². The van der Waals surface area contributed by atoms with E-state index in [-0.39, 0.29) is 46.2 Å². The van der Waals surface area contributed by atoms with Crippen LogP contribution in [0, 0.1) is 5.82 Å². The van der Waals surface area contributed by atoms with Crippen LogP contribution < -0.4 is 10.6 Å². The van der Waals surface area contributed by atoms with Crippen molar-refractivity contribution < 1.29 is 13.6 Å². The summed E-state index contributed by atoms with van der Waals surface area (Å²) in [5.41, 5.74) is 1.51. The number of anilines is 2. The lowest BCUT2D eigenvalue weighted by Gasteiger charge is -2.20. The Kier molecular flexibility index (Phi) is 6.45. The van der Waals surface area contributed by atoms with Crippen molar-refractivity contribution in [3.05, 3.63) is 65.5 Å². The fourth-order valence-corrected chi connectivity index (χ4v) is 4.38. The average Bonchev–Trinajstić information content (AvgIpc) is 3.46. The number of nitrogens with zero attached hydrogens (tertiary/aromatic N) is 6. The summed E-state index contributed by atoms with van der Waals surface area (Å²) in [6.45, 7) is 5.89. The molecule has 1 aliphatic rings. The first-order valence-corrected chi connectivity index (χ1v) is 12.2. The summed E-state index contributed by atoms with van der Waals surface area (Å²) < 4.78 is 23.0. The molecule has 10 nitrogen and oxygen atoms in total. The largest absolute Gasteiger partial charge is 0.448 e. The summed E-state index contributed by atoms with van der Waals surface area (Å²) in [5.74, 6) is 0.821. The summed E-state index contributed by atoms with van der Waals surface area (Å²) in [7, 11) is 1.81. The first-order valence-electron chi connectivity index (χ1n) is 12.2. The molecule has 0 radical (unpaired) electrons. The van der Waals surface area contributed by atoms with Crippen LogP contribution >= 0.6 is 0 Å². The first kappa shape index (κ1) is 24.5. The smallest absolute Gasteiger partial charge is 0.273 e. The van der Waals surface area contributed by atoms with Crippen LogP contribution in [0.15, 0.2) is 41.4 Å². The highest BCUT2D eigenvalue weighted by atomic mass is 19.1. The van der Waals surface area contributed by atoms with Gasteiger partial charge in [0.2, 0.25) is 5.95 Å². The second-order valence-corrected chi connectivity index (χ2v) is 10.2. The number of benzene rings is 1. The Morgan fingerprint density at radius 1 is 1.16 bits per heavy atom. The highest BCUT2D eigenvalue weighted by Crippen LogP contribution is 2.34. The Morgan fingerprint density at radius 2 is 2.00 bits per heavy atom. The van der Waals surface area contributed by atoms with E-state index in [1.54, 1.807) is 30.1 Å². The van der Waals surface area contributed by atoms with E-state index in [0.717, 1.165) is 18.4 Å². The zero-order valence-corrected chi connectivity index (χ0v) is 21.2. The Bertz CT molecular complexity index is 1440. The molecule has 3 heterocycles. The SMILES string of the molecule is Cn1ccc(Nc2ncnc(-c3ccc4c(c3F)CCCC[C@@H]4NC(=O)c3coc(C(C)(C)C)n3)n2)n1. The minimum atomic E-state index is -0.384. The van der Waals surface area contributed by atoms with Crippen molar-refractivity contribution >= 4 is 17.7 Å². The third kappa shape index (κ3) is 5.20. The number of carbonyl (C=O) groups is 1. The third-order valence-corrected chi connectivity index (χ3v) is 6.27. The molecule has 0 aliphatic heterocycles. The Morgan fingerprint density at radius 3 is 2.73 bits per heavy atom. The van der Waals surface area contributed by atoms with Gasteiger partial charge in [0.25, 0.3) is 5.91 Å². The second-order valence-electron chi connectivity index (χ2n) is 10.2. The molecule has 37 heavy (non-hydrogen) atoms. The van der Waals surface area contributed by atoms with E-state index in [4.69, 9.17) is 4.42 Å². The maximum Gasteiger partial charge on any atom is 0.273 e. The monoisotopic (exact) mass is 504 g/mol. The number of aromatic nitrogens is 6. The van der Waals surface area contributed by atoms with Crippen LogP contribution in [-0.4, -0.2) is 35.6 Å². The summed E-state index contributed by atoms with van der Waals surface area (Å²) in [6.07, 6.45) is 7.42. The van der Waals surface area contributed by atoms with Gasteiger partial charge in [0, 0.05) is 24.7 Å². The van der Waals surface area contributed by atoms with Crippen molar-refractivity contribution in [3.63, 3.8) is 0 Å². The quantitative estimate of drug-likeness (QED) is 0.377. The summed E-state index contributed by atoms with van der Waals surface area (Å²) in [4.78, 5) is 30.0. The van der Waals surface area contributed by atoms with Gasteiger partial charge < -0.3 is 15.1 Å². The van der Waals surface area contributed by atoms with E-state index in [0.29, 0.717) is 30.1 Å². The number of carbonyl (C=O) groups excluding carboxylic acids is 1. The van der Waals surface area contributed by atoms with Gasteiger partial charge in [-0.2, -0.15) is 10.1 Å². The normalized spacial score (nSPS) is 15.6. The lowest BCUT2D eigenvalue weighted by molar-refractivity contribution is 0.0929. The van der Waals surface area contributed by atoms with Gasteiger partial charge in [0.1, 0.15) is 18.4 Å². The number of fused-ring (bicyclic) bond motifs is 1. The molecular formula is C26H29FN8O2. The molecule has 4 aromatic rings. The van der Waals surface area contributed by atoms with Gasteiger partial charge in [-0.3, -0.25) is 9.48 Å². The number of rotatable bonds is 5. The molecule has 0 unspecified atom stereocenters. The van der Waals surface area contributed by atoms with E-state index in [1.165, 1.54) is 12.6 Å². The molecule has 1 atom stereocenters. The fraction of sp³-hybridized carbons (Fsp3) is 0.385. The first-order chi connectivity index (χ1) is 17.7. The van der Waals surface area contributed by atoms with Crippen molar-refractivity contribution in [3.8, 4) is 11.4 Å². The van der Waals surface area contributed by atoms with Crippen LogP contribution in [0.25, 0.3) is 11.4 Å². The van der Waals surface area contributed by atoms with Gasteiger partial charge in [0.05, 0.1) is 11.6 Å². The van der Waals surface area contributed by atoms with E-state index in [9.17, 15) is 4.79 Å². The topological polar surface area (TPSA) is 124 Å². The molecule has 192 valence electrons. The van der Waals surface area contributed by atoms with Crippen LogP contribution in [0.5, 0.6) is 0 Å². The van der Waals surface area contributed by atoms with Crippen molar-refractivity contribution in [2.45, 2.75) is 57.9 Å². The van der Waals surface area contributed by atoms with E-state index in [2.05, 4.69) is 35.7 Å². The molecule has 1 aromatic carbocycles. The number of nitrogens with one attached hydrogen (secondary N) is 2. The maximum atomic E-state index is 15.9. The fourth-order valence-electron chi connectivity index (χ4n) is 4.38. The van der Waals surface area contributed by atoms with Crippen molar-refractivity contribution in [2.24, 2.45) is 7.05 Å². The van der Waals surface area contributed by atoms with Crippen LogP contribution in [0.2, 0.25) is 0 Å². The molecule has 3 aromatic heterocycles. The van der Waals surface area contributed by atoms with Crippen molar-refractivity contribution in [1.82, 2.24) is 35.0 Å². The van der Waals surface area contributed by atoms with E-state index >= 15 is 4.39 Å². The minimum absolute atomic E-state index is 0.214. The molecule has 11 heteroatoms. The number of amides is 1. The number of halogens is 1. The lowest BCUT2D eigenvalue weighted by Crippen LogP contribution is -2.29. The molecule has 2 N–H and O–H groups in total. The predicted octanol–water partition coefficient (Wildman–Crippen LogP) is 4.64. The molecule has 0 spiro atoms. The van der Waals surface area contributed by atoms with E-state index < -0.39 is 0 Å². The molecule has 0 fully saturated rings. The minimum Gasteiger partial charge on any atom is -0.448 e. The zero-order chi connectivity index (χ0) is 26.2. The zero-order valence-electron chi connectivity index (χ0n) is 21.2. The van der Waals surface area contributed by atoms with Crippen LogP contribution in [0.1, 0.15) is 73.6 Å². The average molecular weight is 505 g/mol. The summed E-state index contributed by atoms with van der Waals surface area (Å²) >= 11 is 0. The molecule has 0 saturated carbocycles. The molecule has 1 aliphatic carbocycles. The standard InChI is InChI=1S/C26H29FN8O2/c1-26(2,3)24-31-19(13-37-24)23(36)30-18-8-6-5-7-16-15(18)9-10-17(21(16)27)22-28-14-29-25(33-22)32-20-11-12-35(4)34-20/h9-14,18H,5-8H2,1-4H3,(H,30,36)(H,28,29,32,33,34)/t18-/m0/s1. The maximum absolute atomic E-state index is 15.9. The summed E-state index contributed by atoms with van der Waals surface area (Å²) in [6, 6.07) is 4.95. The van der Waals surface area contributed by atoms with Crippen LogP contribution in [-0.2, 0) is 18.9 Å². The number of hydrogen-bond acceptors (Lipinski definition) is 8. The predicted molar refractivity (Wildman–Crippen MR) is 135 cm³/mol. The summed E-state index contributed by atoms with van der Waals surface area (Å²) in [5, 5.41) is 10.3. The van der Waals surface area contributed by atoms with E-state index in [1.807, 2.05) is 26.8 Å². The molecule has 1 amide bonds. The highest BCUT2D eigenvalue weighted by molar-refractivity contribution is 5.92. The van der Waals surface area contributed by atoms with Gasteiger partial charge in [0.15, 0.2) is 23.2 Å². The molecule has 5 rings (SSSR count). The molecule has 0 bridgehead atoms. The van der Waals surface area contributed by atoms with Crippen LogP contribution in [0.4, 0.5) is 16.2 Å². The van der Waals surface area contributed by atoms with Gasteiger partial charge in [-0.1, -0.05) is 33.3 Å². The Balaban J connectivity index is 1.41. The Labute approximate surface area is 213 Å². The van der Waals surface area contributed by atoms with Crippen molar-refractivity contribution in [2.75, 3.05) is 5.32 Å². The second kappa shape index (κ2) is 9.72. The van der Waals surface area contributed by atoms with Gasteiger partial charge in [-0.05, 0) is 36.5 Å². The number of hydrogen-bond donors (Lipinski definition) is 2. The Hall–Kier alpha value is -4.15. The van der Waals surface area contributed by atoms with Gasteiger partial charge in [-0.25, -0.2) is 19.3 Å². The number of aryl methyl sites for hydroxylation is 1. The molecular weight excluding hydrogens is 475 g/mol. The van der Waals surface area contributed by atoms with Crippen LogP contribution in [0.3, 0.4) is 0 Å². The highest BCUT2D eigenvalue weighted by Gasteiger charge is 2.28.